The second-order valence-corrected chi connectivity index (χ2v) is 9.30. The van der Waals surface area contributed by atoms with Gasteiger partial charge in [-0.15, -0.1) is 50.9 Å². The van der Waals surface area contributed by atoms with Crippen molar-refractivity contribution in [3.05, 3.63) is 143 Å². The molecule has 0 bridgehead atoms. The van der Waals surface area contributed by atoms with Crippen LogP contribution in [0.15, 0.2) is 109 Å². The largest absolute Gasteiger partial charge is 0.330 e. The lowest BCUT2D eigenvalue weighted by Crippen LogP contribution is -2.32. The zero-order chi connectivity index (χ0) is 26.7. The Kier molecular flexibility index (Phi) is 17.2. The zero-order valence-corrected chi connectivity index (χ0v) is 27.8. The molecule has 7 heteroatoms. The van der Waals surface area contributed by atoms with Crippen molar-refractivity contribution in [2.24, 2.45) is 5.73 Å². The number of hydrogen-bond acceptors (Lipinski definition) is 3. The van der Waals surface area contributed by atoms with Crippen LogP contribution in [0.3, 0.4) is 0 Å². The molecule has 0 saturated heterocycles. The number of nitrogens with two attached hydrogens (primary N) is 1. The lowest BCUT2D eigenvalue weighted by atomic mass is 10.0. The van der Waals surface area contributed by atoms with Crippen LogP contribution >= 0.6 is 50.9 Å². The number of carbonyl (C=O) groups excluding carboxylic acids is 2. The lowest BCUT2D eigenvalue weighted by molar-refractivity contribution is -0.836. The Hall–Kier alpha value is -2.86. The molecule has 0 aromatic heterocycles. The summed E-state index contributed by atoms with van der Waals surface area (Å²) < 4.78 is 0.478. The SMILES string of the molecule is Br.Br.Br.C#C[N+](C)(C)Cc1ccc(C(=O)c2ccccc2)cc1.NCCc1ccc(C(=O)c2ccccc2)cc1. The molecule has 0 saturated carbocycles. The third kappa shape index (κ3) is 11.3. The van der Waals surface area contributed by atoms with Gasteiger partial charge in [0.1, 0.15) is 12.6 Å². The van der Waals surface area contributed by atoms with E-state index >= 15 is 0 Å². The molecule has 210 valence electrons. The number of hydrogen-bond donors (Lipinski definition) is 1. The number of benzene rings is 4. The number of nitrogens with zero attached hydrogens (tertiary/aromatic N) is 1. The summed E-state index contributed by atoms with van der Waals surface area (Å²) in [5.41, 5.74) is 10.6. The van der Waals surface area contributed by atoms with Gasteiger partial charge in [0.05, 0.1) is 14.1 Å². The predicted molar refractivity (Wildman–Crippen MR) is 181 cm³/mol. The summed E-state index contributed by atoms with van der Waals surface area (Å²) in [6.07, 6.45) is 6.32. The quantitative estimate of drug-likeness (QED) is 0.118. The number of halogens is 3. The predicted octanol–water partition coefficient (Wildman–Crippen LogP) is 7.24. The Bertz CT molecular complexity index is 1350. The first kappa shape index (κ1) is 37.1. The van der Waals surface area contributed by atoms with E-state index in [2.05, 4.69) is 6.04 Å². The molecule has 0 aliphatic carbocycles. The molecule has 0 aliphatic heterocycles. The average Bonchev–Trinajstić information content (AvgIpc) is 2.94. The van der Waals surface area contributed by atoms with Crippen LogP contribution in [0.2, 0.25) is 0 Å². The van der Waals surface area contributed by atoms with Crippen molar-refractivity contribution in [1.29, 1.82) is 0 Å². The fourth-order valence-corrected chi connectivity index (χ4v) is 3.77. The number of quaternary nitrogens is 1. The van der Waals surface area contributed by atoms with Crippen LogP contribution in [0.5, 0.6) is 0 Å². The summed E-state index contributed by atoms with van der Waals surface area (Å²) >= 11 is 0. The molecule has 0 fully saturated rings. The molecule has 0 spiro atoms. The van der Waals surface area contributed by atoms with Crippen LogP contribution in [-0.2, 0) is 13.0 Å². The summed E-state index contributed by atoms with van der Waals surface area (Å²) in [6, 6.07) is 36.6. The van der Waals surface area contributed by atoms with Gasteiger partial charge in [0.2, 0.25) is 0 Å². The summed E-state index contributed by atoms with van der Waals surface area (Å²) in [5.74, 6) is 0.104. The fraction of sp³-hybridized carbons (Fsp3) is 0.152. The minimum Gasteiger partial charge on any atom is -0.330 e. The summed E-state index contributed by atoms with van der Waals surface area (Å²) in [7, 11) is 3.95. The Morgan fingerprint density at radius 1 is 0.625 bits per heavy atom. The van der Waals surface area contributed by atoms with Crippen molar-refractivity contribution < 1.29 is 14.1 Å². The van der Waals surface area contributed by atoms with Crippen molar-refractivity contribution in [2.75, 3.05) is 20.6 Å². The Morgan fingerprint density at radius 3 is 1.32 bits per heavy atom. The van der Waals surface area contributed by atoms with Crippen molar-refractivity contribution in [3.63, 3.8) is 0 Å². The highest BCUT2D eigenvalue weighted by Gasteiger charge is 2.14. The molecule has 4 nitrogen and oxygen atoms in total. The summed E-state index contributed by atoms with van der Waals surface area (Å²) in [5, 5.41) is 0. The van der Waals surface area contributed by atoms with Crippen LogP contribution in [-0.4, -0.2) is 36.7 Å². The van der Waals surface area contributed by atoms with Gasteiger partial charge in [0.25, 0.3) is 0 Å². The topological polar surface area (TPSA) is 60.2 Å². The van der Waals surface area contributed by atoms with E-state index in [0.717, 1.165) is 35.2 Å². The number of terminal acetylenes is 1. The van der Waals surface area contributed by atoms with E-state index < -0.39 is 0 Å². The van der Waals surface area contributed by atoms with Gasteiger partial charge in [-0.1, -0.05) is 116 Å². The third-order valence-electron chi connectivity index (χ3n) is 5.86. The molecular formula is C33H36Br3N2O2+. The molecule has 0 radical (unpaired) electrons. The van der Waals surface area contributed by atoms with Gasteiger partial charge >= 0.3 is 0 Å². The van der Waals surface area contributed by atoms with E-state index in [4.69, 9.17) is 12.2 Å². The standard InChI is InChI=1S/C18H18NO.C15H15NO.3BrH/c1-4-19(2,3)14-15-10-12-17(13-11-15)18(20)16-8-6-5-7-9-16;16-11-10-12-6-8-14(9-7-12)15(17)13-4-2-1-3-5-13;;;/h1,5-13H,14H2,2-3H3;1-9H,10-11,16H2;3*1H/q+1;;;;. The molecule has 0 heterocycles. The maximum absolute atomic E-state index is 12.3. The molecule has 4 aromatic carbocycles. The van der Waals surface area contributed by atoms with Crippen LogP contribution in [0.1, 0.15) is 43.0 Å². The van der Waals surface area contributed by atoms with Gasteiger partial charge in [0.15, 0.2) is 11.6 Å². The van der Waals surface area contributed by atoms with E-state index in [1.807, 2.05) is 123 Å². The molecule has 40 heavy (non-hydrogen) atoms. The monoisotopic (exact) mass is 729 g/mol. The number of rotatable bonds is 8. The van der Waals surface area contributed by atoms with Crippen molar-refractivity contribution >= 4 is 62.5 Å². The van der Waals surface area contributed by atoms with Crippen molar-refractivity contribution in [3.8, 4) is 12.5 Å². The highest BCUT2D eigenvalue weighted by atomic mass is 79.9. The lowest BCUT2D eigenvalue weighted by Gasteiger charge is -2.20. The van der Waals surface area contributed by atoms with Crippen molar-refractivity contribution in [2.45, 2.75) is 13.0 Å². The molecule has 4 rings (SSSR count). The summed E-state index contributed by atoms with van der Waals surface area (Å²) in [4.78, 5) is 24.4. The van der Waals surface area contributed by atoms with E-state index in [9.17, 15) is 9.59 Å². The molecule has 2 N–H and O–H groups in total. The number of ketones is 2. The minimum atomic E-state index is 0. The van der Waals surface area contributed by atoms with Gasteiger partial charge in [-0.3, -0.25) is 9.59 Å². The van der Waals surface area contributed by atoms with E-state index in [1.54, 1.807) is 0 Å². The molecule has 0 unspecified atom stereocenters. The smallest absolute Gasteiger partial charge is 0.193 e. The molecular weight excluding hydrogens is 696 g/mol. The third-order valence-corrected chi connectivity index (χ3v) is 5.86. The van der Waals surface area contributed by atoms with E-state index in [-0.39, 0.29) is 62.5 Å². The van der Waals surface area contributed by atoms with Crippen molar-refractivity contribution in [1.82, 2.24) is 0 Å². The van der Waals surface area contributed by atoms with Crippen LogP contribution in [0.25, 0.3) is 0 Å². The maximum Gasteiger partial charge on any atom is 0.193 e. The minimum absolute atomic E-state index is 0. The maximum atomic E-state index is 12.3. The van der Waals surface area contributed by atoms with Crippen LogP contribution < -0.4 is 5.73 Å². The van der Waals surface area contributed by atoms with E-state index in [0.29, 0.717) is 22.2 Å². The first-order chi connectivity index (χ1) is 17.8. The highest BCUT2D eigenvalue weighted by molar-refractivity contribution is 8.93. The number of carbonyl (C=O) groups is 2. The second-order valence-electron chi connectivity index (χ2n) is 9.30. The van der Waals surface area contributed by atoms with Gasteiger partial charge in [-0.05, 0) is 18.5 Å². The van der Waals surface area contributed by atoms with Crippen LogP contribution in [0, 0.1) is 12.5 Å². The Balaban J connectivity index is 0.000000715. The van der Waals surface area contributed by atoms with Crippen LogP contribution in [0.4, 0.5) is 0 Å². The highest BCUT2D eigenvalue weighted by Crippen LogP contribution is 2.14. The fourth-order valence-electron chi connectivity index (χ4n) is 3.77. The Morgan fingerprint density at radius 2 is 0.975 bits per heavy atom. The molecule has 0 atom stereocenters. The van der Waals surface area contributed by atoms with E-state index in [1.165, 1.54) is 0 Å². The van der Waals surface area contributed by atoms with Gasteiger partial charge in [-0.2, -0.15) is 0 Å². The second kappa shape index (κ2) is 18.5. The van der Waals surface area contributed by atoms with Gasteiger partial charge < -0.3 is 5.73 Å². The van der Waals surface area contributed by atoms with Gasteiger partial charge in [-0.25, -0.2) is 4.48 Å². The molecule has 0 amide bonds. The summed E-state index contributed by atoms with van der Waals surface area (Å²) in [6.45, 7) is 1.38. The Labute approximate surface area is 269 Å². The zero-order valence-electron chi connectivity index (χ0n) is 22.7. The molecule has 4 aromatic rings. The van der Waals surface area contributed by atoms with Gasteiger partial charge in [0, 0.05) is 27.8 Å². The average molecular weight is 732 g/mol. The normalized spacial score (nSPS) is 9.75. The first-order valence-corrected chi connectivity index (χ1v) is 12.2. The molecule has 0 aliphatic rings. The first-order valence-electron chi connectivity index (χ1n) is 12.2.